The van der Waals surface area contributed by atoms with Crippen LogP contribution in [0.5, 0.6) is 0 Å². The lowest BCUT2D eigenvalue weighted by molar-refractivity contribution is -0.255. The van der Waals surface area contributed by atoms with Crippen molar-refractivity contribution in [3.63, 3.8) is 0 Å². The molecule has 0 bridgehead atoms. The second kappa shape index (κ2) is 6.44. The minimum Gasteiger partial charge on any atom is -0.545 e. The molecule has 0 N–H and O–H groups in total. The number of benzene rings is 1. The number of carbonyl (C=O) groups is 4. The summed E-state index contributed by atoms with van der Waals surface area (Å²) in [4.78, 5) is 46.5. The number of carboxylic acid groups (broad SMARTS) is 1. The van der Waals surface area contributed by atoms with Crippen LogP contribution in [0.3, 0.4) is 0 Å². The molecule has 0 radical (unpaired) electrons. The average Bonchev–Trinajstić information content (AvgIpc) is 2.75. The molecule has 0 aromatic heterocycles. The summed E-state index contributed by atoms with van der Waals surface area (Å²) in [6.07, 6.45) is 1.45. The Morgan fingerprint density at radius 3 is 2.45 bits per heavy atom. The van der Waals surface area contributed by atoms with E-state index in [2.05, 4.69) is 4.74 Å². The van der Waals surface area contributed by atoms with Gasteiger partial charge in [0, 0.05) is 0 Å². The van der Waals surface area contributed by atoms with E-state index >= 15 is 0 Å². The smallest absolute Gasteiger partial charge is 0.325 e. The second-order valence-corrected chi connectivity index (χ2v) is 5.25. The van der Waals surface area contributed by atoms with Gasteiger partial charge >= 0.3 is 5.97 Å². The maximum atomic E-state index is 12.1. The largest absolute Gasteiger partial charge is 0.545 e. The van der Waals surface area contributed by atoms with E-state index in [-0.39, 0.29) is 10.5 Å². The third-order valence-electron chi connectivity index (χ3n) is 2.83. The van der Waals surface area contributed by atoms with Gasteiger partial charge in [-0.1, -0.05) is 24.3 Å². The van der Waals surface area contributed by atoms with Crippen LogP contribution in [0, 0.1) is 0 Å². The molecule has 1 aliphatic rings. The van der Waals surface area contributed by atoms with Gasteiger partial charge in [-0.2, -0.15) is 0 Å². The van der Waals surface area contributed by atoms with Gasteiger partial charge in [-0.3, -0.25) is 19.3 Å². The number of rotatable bonds is 4. The lowest BCUT2D eigenvalue weighted by Gasteiger charge is -2.09. The number of imide groups is 1. The number of thioether (sulfide) groups is 1. The molecule has 0 unspecified atom stereocenters. The van der Waals surface area contributed by atoms with E-state index in [0.717, 1.165) is 12.0 Å². The van der Waals surface area contributed by atoms with Crippen LogP contribution in [0.25, 0.3) is 6.08 Å². The van der Waals surface area contributed by atoms with Crippen molar-refractivity contribution in [3.8, 4) is 0 Å². The zero-order valence-electron chi connectivity index (χ0n) is 11.4. The van der Waals surface area contributed by atoms with Crippen LogP contribution < -0.4 is 5.11 Å². The molecule has 0 aliphatic carbocycles. The predicted molar refractivity (Wildman–Crippen MR) is 75.5 cm³/mol. The van der Waals surface area contributed by atoms with Crippen LogP contribution in [-0.2, 0) is 14.3 Å². The molecule has 22 heavy (non-hydrogen) atoms. The maximum Gasteiger partial charge on any atom is 0.325 e. The number of hydrogen-bond acceptors (Lipinski definition) is 7. The van der Waals surface area contributed by atoms with Crippen molar-refractivity contribution in [2.75, 3.05) is 13.7 Å². The van der Waals surface area contributed by atoms with Crippen LogP contribution in [0.2, 0.25) is 0 Å². The molecule has 1 fully saturated rings. The first-order valence-electron chi connectivity index (χ1n) is 6.06. The van der Waals surface area contributed by atoms with Crippen molar-refractivity contribution in [2.45, 2.75) is 0 Å². The molecule has 114 valence electrons. The van der Waals surface area contributed by atoms with E-state index in [1.54, 1.807) is 0 Å². The minimum absolute atomic E-state index is 0.0101. The van der Waals surface area contributed by atoms with Gasteiger partial charge in [0.2, 0.25) is 0 Å². The molecule has 1 saturated heterocycles. The van der Waals surface area contributed by atoms with Crippen molar-refractivity contribution in [3.05, 3.63) is 40.3 Å². The van der Waals surface area contributed by atoms with Crippen LogP contribution >= 0.6 is 11.8 Å². The first-order chi connectivity index (χ1) is 10.4. The van der Waals surface area contributed by atoms with E-state index in [1.165, 1.54) is 30.3 Å². The lowest BCUT2D eigenvalue weighted by Crippen LogP contribution is -2.34. The Labute approximate surface area is 129 Å². The Bertz CT molecular complexity index is 679. The number of aromatic carboxylic acids is 1. The van der Waals surface area contributed by atoms with Crippen molar-refractivity contribution in [1.82, 2.24) is 4.90 Å². The first kappa shape index (κ1) is 15.8. The predicted octanol–water partition coefficient (Wildman–Crippen LogP) is 0.259. The highest BCUT2D eigenvalue weighted by molar-refractivity contribution is 8.18. The van der Waals surface area contributed by atoms with Gasteiger partial charge in [0.25, 0.3) is 11.1 Å². The summed E-state index contributed by atoms with van der Waals surface area (Å²) >= 11 is 0.702. The third-order valence-corrected chi connectivity index (χ3v) is 3.74. The van der Waals surface area contributed by atoms with E-state index in [1.807, 2.05) is 0 Å². The van der Waals surface area contributed by atoms with E-state index in [9.17, 15) is 24.3 Å². The Balaban J connectivity index is 2.19. The molecule has 2 rings (SSSR count). The normalized spacial score (nSPS) is 16.2. The van der Waals surface area contributed by atoms with Gasteiger partial charge < -0.3 is 14.6 Å². The van der Waals surface area contributed by atoms with Gasteiger partial charge in [-0.25, -0.2) is 0 Å². The molecular formula is C14H10NO6S-. The number of esters is 1. The summed E-state index contributed by atoms with van der Waals surface area (Å²) in [6.45, 7) is -0.442. The molecule has 1 aliphatic heterocycles. The fourth-order valence-corrected chi connectivity index (χ4v) is 2.54. The molecule has 1 heterocycles. The quantitative estimate of drug-likeness (QED) is 0.579. The third kappa shape index (κ3) is 3.34. The van der Waals surface area contributed by atoms with Crippen molar-refractivity contribution in [2.24, 2.45) is 0 Å². The van der Waals surface area contributed by atoms with Crippen LogP contribution in [0.4, 0.5) is 4.79 Å². The monoisotopic (exact) mass is 320 g/mol. The summed E-state index contributed by atoms with van der Waals surface area (Å²) in [5, 5.41) is 10.1. The van der Waals surface area contributed by atoms with Gasteiger partial charge in [0.15, 0.2) is 0 Å². The van der Waals surface area contributed by atoms with Crippen LogP contribution in [0.1, 0.15) is 15.9 Å². The Kier molecular flexibility index (Phi) is 4.62. The Morgan fingerprint density at radius 2 is 1.91 bits per heavy atom. The zero-order valence-corrected chi connectivity index (χ0v) is 12.2. The molecule has 0 saturated carbocycles. The SMILES string of the molecule is COC(=O)CN1C(=O)S/C(=C/c2ccc(C(=O)[O-])cc2)C1=O. The first-order valence-corrected chi connectivity index (χ1v) is 6.87. The van der Waals surface area contributed by atoms with Crippen LogP contribution in [-0.4, -0.2) is 41.6 Å². The zero-order chi connectivity index (χ0) is 16.3. The standard InChI is InChI=1S/C14H11NO6S/c1-21-11(16)7-15-12(17)10(22-14(15)20)6-8-2-4-9(5-3-8)13(18)19/h2-6H,7H2,1H3,(H,18,19)/p-1/b10-6+. The number of carbonyl (C=O) groups excluding carboxylic acids is 4. The number of hydrogen-bond donors (Lipinski definition) is 0. The summed E-state index contributed by atoms with van der Waals surface area (Å²) in [5.74, 6) is -2.59. The molecule has 0 spiro atoms. The number of nitrogens with zero attached hydrogens (tertiary/aromatic N) is 1. The summed E-state index contributed by atoms with van der Waals surface area (Å²) in [6, 6.07) is 5.64. The fraction of sp³-hybridized carbons (Fsp3) is 0.143. The Hall–Kier alpha value is -2.61. The second-order valence-electron chi connectivity index (χ2n) is 4.25. The fourth-order valence-electron chi connectivity index (χ4n) is 1.70. The van der Waals surface area contributed by atoms with Crippen molar-refractivity contribution < 1.29 is 29.0 Å². The van der Waals surface area contributed by atoms with Gasteiger partial charge in [0.05, 0.1) is 18.0 Å². The molecular weight excluding hydrogens is 310 g/mol. The van der Waals surface area contributed by atoms with Crippen LogP contribution in [0.15, 0.2) is 29.2 Å². The molecule has 8 heteroatoms. The number of amides is 2. The number of ether oxygens (including phenoxy) is 1. The van der Waals surface area contributed by atoms with E-state index in [4.69, 9.17) is 0 Å². The number of methoxy groups -OCH3 is 1. The molecule has 1 aromatic rings. The van der Waals surface area contributed by atoms with Gasteiger partial charge in [-0.05, 0) is 29.0 Å². The maximum absolute atomic E-state index is 12.1. The molecule has 2 amide bonds. The lowest BCUT2D eigenvalue weighted by atomic mass is 10.1. The summed E-state index contributed by atoms with van der Waals surface area (Å²) in [7, 11) is 1.16. The average molecular weight is 320 g/mol. The highest BCUT2D eigenvalue weighted by atomic mass is 32.2. The van der Waals surface area contributed by atoms with E-state index < -0.39 is 29.6 Å². The van der Waals surface area contributed by atoms with Crippen molar-refractivity contribution in [1.29, 1.82) is 0 Å². The summed E-state index contributed by atoms with van der Waals surface area (Å²) in [5.41, 5.74) is 0.560. The molecule has 0 atom stereocenters. The Morgan fingerprint density at radius 1 is 1.27 bits per heavy atom. The van der Waals surface area contributed by atoms with Gasteiger partial charge in [0.1, 0.15) is 6.54 Å². The number of carboxylic acids is 1. The van der Waals surface area contributed by atoms with Gasteiger partial charge in [-0.15, -0.1) is 0 Å². The van der Waals surface area contributed by atoms with E-state index in [0.29, 0.717) is 17.3 Å². The minimum atomic E-state index is -1.30. The highest BCUT2D eigenvalue weighted by Crippen LogP contribution is 2.32. The topological polar surface area (TPSA) is 104 Å². The van der Waals surface area contributed by atoms with Crippen molar-refractivity contribution >= 4 is 40.9 Å². The molecule has 1 aromatic carbocycles. The summed E-state index contributed by atoms with van der Waals surface area (Å²) < 4.78 is 4.42. The molecule has 7 nitrogen and oxygen atoms in total. The highest BCUT2D eigenvalue weighted by Gasteiger charge is 2.36.